The minimum absolute atomic E-state index is 0.222. The van der Waals surface area contributed by atoms with Gasteiger partial charge in [-0.15, -0.1) is 0 Å². The molecule has 0 fully saturated rings. The topological polar surface area (TPSA) is 21.3 Å². The van der Waals surface area contributed by atoms with E-state index in [1.807, 2.05) is 7.05 Å². The molecule has 0 heterocycles. The standard InChI is InChI=1S/C15H15ClFNO/c1-10-4-3-5-14(15(10)17)19-13-7-6-12(16)8-11(13)9-18-2/h3-8,18H,9H2,1-2H3. The third-order valence-corrected chi connectivity index (χ3v) is 3.00. The molecule has 4 heteroatoms. The Balaban J connectivity index is 2.35. The van der Waals surface area contributed by atoms with Crippen LogP contribution in [0.4, 0.5) is 4.39 Å². The van der Waals surface area contributed by atoms with Crippen molar-refractivity contribution >= 4 is 11.6 Å². The lowest BCUT2D eigenvalue weighted by Gasteiger charge is -2.12. The smallest absolute Gasteiger partial charge is 0.168 e. The fourth-order valence-electron chi connectivity index (χ4n) is 1.79. The van der Waals surface area contributed by atoms with Gasteiger partial charge in [-0.2, -0.15) is 0 Å². The van der Waals surface area contributed by atoms with Gasteiger partial charge in [0.05, 0.1) is 0 Å². The maximum atomic E-state index is 13.9. The first-order chi connectivity index (χ1) is 9.11. The lowest BCUT2D eigenvalue weighted by Crippen LogP contribution is -2.06. The summed E-state index contributed by atoms with van der Waals surface area (Å²) < 4.78 is 19.6. The molecule has 0 unspecified atom stereocenters. The molecule has 0 saturated carbocycles. The van der Waals surface area contributed by atoms with Crippen LogP contribution in [-0.2, 0) is 6.54 Å². The number of benzene rings is 2. The van der Waals surface area contributed by atoms with Crippen LogP contribution in [0.2, 0.25) is 5.02 Å². The van der Waals surface area contributed by atoms with Crippen molar-refractivity contribution in [3.63, 3.8) is 0 Å². The highest BCUT2D eigenvalue weighted by Crippen LogP contribution is 2.30. The van der Waals surface area contributed by atoms with Crippen molar-refractivity contribution in [2.24, 2.45) is 0 Å². The summed E-state index contributed by atoms with van der Waals surface area (Å²) in [5.74, 6) is 0.482. The molecular weight excluding hydrogens is 265 g/mol. The van der Waals surface area contributed by atoms with Gasteiger partial charge in [-0.3, -0.25) is 0 Å². The highest BCUT2D eigenvalue weighted by Gasteiger charge is 2.10. The molecule has 0 aliphatic carbocycles. The number of hydrogen-bond donors (Lipinski definition) is 1. The van der Waals surface area contributed by atoms with Crippen molar-refractivity contribution in [3.8, 4) is 11.5 Å². The van der Waals surface area contributed by atoms with Crippen LogP contribution >= 0.6 is 11.6 Å². The molecule has 0 atom stereocenters. The van der Waals surface area contributed by atoms with E-state index in [4.69, 9.17) is 16.3 Å². The molecule has 0 bridgehead atoms. The number of halogens is 2. The minimum atomic E-state index is -0.340. The van der Waals surface area contributed by atoms with Gasteiger partial charge >= 0.3 is 0 Å². The fourth-order valence-corrected chi connectivity index (χ4v) is 1.99. The summed E-state index contributed by atoms with van der Waals surface area (Å²) >= 11 is 5.95. The summed E-state index contributed by atoms with van der Waals surface area (Å²) in [4.78, 5) is 0. The Kier molecular flexibility index (Phi) is 4.40. The molecule has 0 aliphatic heterocycles. The van der Waals surface area contributed by atoms with Crippen LogP contribution < -0.4 is 10.1 Å². The maximum Gasteiger partial charge on any atom is 0.168 e. The quantitative estimate of drug-likeness (QED) is 0.901. The van der Waals surface area contributed by atoms with Crippen molar-refractivity contribution in [3.05, 3.63) is 58.4 Å². The predicted molar refractivity (Wildman–Crippen MR) is 75.4 cm³/mol. The SMILES string of the molecule is CNCc1cc(Cl)ccc1Oc1cccc(C)c1F. The molecule has 2 nitrogen and oxygen atoms in total. The van der Waals surface area contributed by atoms with E-state index in [-0.39, 0.29) is 11.6 Å². The largest absolute Gasteiger partial charge is 0.454 e. The van der Waals surface area contributed by atoms with Crippen molar-refractivity contribution in [1.82, 2.24) is 5.32 Å². The van der Waals surface area contributed by atoms with E-state index in [1.54, 1.807) is 43.3 Å². The first-order valence-electron chi connectivity index (χ1n) is 5.98. The van der Waals surface area contributed by atoms with Crippen LogP contribution in [0, 0.1) is 12.7 Å². The first-order valence-corrected chi connectivity index (χ1v) is 6.35. The summed E-state index contributed by atoms with van der Waals surface area (Å²) in [7, 11) is 1.83. The molecule has 1 N–H and O–H groups in total. The Labute approximate surface area is 117 Å². The molecule has 0 radical (unpaired) electrons. The monoisotopic (exact) mass is 279 g/mol. The molecule has 19 heavy (non-hydrogen) atoms. The minimum Gasteiger partial charge on any atom is -0.454 e. The van der Waals surface area contributed by atoms with Crippen LogP contribution in [0.25, 0.3) is 0 Å². The number of nitrogens with one attached hydrogen (secondary N) is 1. The van der Waals surface area contributed by atoms with Gasteiger partial charge in [0.2, 0.25) is 0 Å². The Morgan fingerprint density at radius 3 is 2.74 bits per heavy atom. The molecule has 0 spiro atoms. The van der Waals surface area contributed by atoms with Crippen LogP contribution in [0.1, 0.15) is 11.1 Å². The van der Waals surface area contributed by atoms with E-state index in [1.165, 1.54) is 0 Å². The van der Waals surface area contributed by atoms with Crippen LogP contribution in [0.5, 0.6) is 11.5 Å². The van der Waals surface area contributed by atoms with Gasteiger partial charge in [0.25, 0.3) is 0 Å². The van der Waals surface area contributed by atoms with E-state index in [2.05, 4.69) is 5.32 Å². The Morgan fingerprint density at radius 1 is 1.21 bits per heavy atom. The highest BCUT2D eigenvalue weighted by molar-refractivity contribution is 6.30. The molecule has 2 rings (SSSR count). The van der Waals surface area contributed by atoms with Gasteiger partial charge in [0.1, 0.15) is 5.75 Å². The third kappa shape index (κ3) is 3.25. The maximum absolute atomic E-state index is 13.9. The third-order valence-electron chi connectivity index (χ3n) is 2.77. The molecule has 0 amide bonds. The summed E-state index contributed by atoms with van der Waals surface area (Å²) in [6.07, 6.45) is 0. The van der Waals surface area contributed by atoms with E-state index < -0.39 is 0 Å². The number of aryl methyl sites for hydroxylation is 1. The first kappa shape index (κ1) is 13.8. The molecule has 0 saturated heterocycles. The molecule has 2 aromatic rings. The summed E-state index contributed by atoms with van der Waals surface area (Å²) in [5, 5.41) is 3.66. The highest BCUT2D eigenvalue weighted by atomic mass is 35.5. The second-order valence-electron chi connectivity index (χ2n) is 4.27. The second kappa shape index (κ2) is 6.04. The zero-order valence-electron chi connectivity index (χ0n) is 10.8. The number of rotatable bonds is 4. The average molecular weight is 280 g/mol. The Bertz CT molecular complexity index is 586. The van der Waals surface area contributed by atoms with E-state index >= 15 is 0 Å². The van der Waals surface area contributed by atoms with E-state index in [0.29, 0.717) is 22.9 Å². The van der Waals surface area contributed by atoms with Gasteiger partial charge in [-0.25, -0.2) is 4.39 Å². The fraction of sp³-hybridized carbons (Fsp3) is 0.200. The number of ether oxygens (including phenoxy) is 1. The number of hydrogen-bond acceptors (Lipinski definition) is 2. The normalized spacial score (nSPS) is 10.5. The van der Waals surface area contributed by atoms with E-state index in [0.717, 1.165) is 5.56 Å². The van der Waals surface area contributed by atoms with Crippen LogP contribution in [0.15, 0.2) is 36.4 Å². The average Bonchev–Trinajstić information content (AvgIpc) is 2.38. The Hall–Kier alpha value is -1.58. The zero-order valence-corrected chi connectivity index (χ0v) is 11.6. The second-order valence-corrected chi connectivity index (χ2v) is 4.71. The van der Waals surface area contributed by atoms with Crippen molar-refractivity contribution in [2.45, 2.75) is 13.5 Å². The zero-order chi connectivity index (χ0) is 13.8. The van der Waals surface area contributed by atoms with Crippen molar-refractivity contribution in [2.75, 3.05) is 7.05 Å². The van der Waals surface area contributed by atoms with Crippen LogP contribution in [0.3, 0.4) is 0 Å². The predicted octanol–water partition coefficient (Wildman–Crippen LogP) is 4.30. The summed E-state index contributed by atoms with van der Waals surface area (Å²) in [6, 6.07) is 10.4. The van der Waals surface area contributed by atoms with Gasteiger partial charge in [-0.1, -0.05) is 23.7 Å². The molecule has 0 aliphatic rings. The van der Waals surface area contributed by atoms with Crippen LogP contribution in [-0.4, -0.2) is 7.05 Å². The van der Waals surface area contributed by atoms with Gasteiger partial charge in [0, 0.05) is 17.1 Å². The molecular formula is C15H15ClFNO. The summed E-state index contributed by atoms with van der Waals surface area (Å²) in [6.45, 7) is 2.31. The van der Waals surface area contributed by atoms with Crippen molar-refractivity contribution in [1.29, 1.82) is 0 Å². The summed E-state index contributed by atoms with van der Waals surface area (Å²) in [5.41, 5.74) is 1.44. The molecule has 0 aromatic heterocycles. The van der Waals surface area contributed by atoms with Crippen molar-refractivity contribution < 1.29 is 9.13 Å². The lowest BCUT2D eigenvalue weighted by atomic mass is 10.2. The molecule has 2 aromatic carbocycles. The Morgan fingerprint density at radius 2 is 2.00 bits per heavy atom. The van der Waals surface area contributed by atoms with Gasteiger partial charge in [0.15, 0.2) is 11.6 Å². The van der Waals surface area contributed by atoms with E-state index in [9.17, 15) is 4.39 Å². The van der Waals surface area contributed by atoms with Gasteiger partial charge < -0.3 is 10.1 Å². The van der Waals surface area contributed by atoms with Gasteiger partial charge in [-0.05, 0) is 43.8 Å². The molecule has 100 valence electrons. The lowest BCUT2D eigenvalue weighted by molar-refractivity contribution is 0.434.